The Morgan fingerprint density at radius 3 is 1.61 bits per heavy atom. The Labute approximate surface area is 220 Å². The van der Waals surface area contributed by atoms with Gasteiger partial charge in [-0.25, -0.2) is 13.3 Å². The number of aliphatic hydroxyl groups is 2. The van der Waals surface area contributed by atoms with Crippen LogP contribution in [-0.2, 0) is 42.7 Å². The van der Waals surface area contributed by atoms with Crippen LogP contribution in [0.3, 0.4) is 0 Å². The van der Waals surface area contributed by atoms with Gasteiger partial charge in [-0.2, -0.15) is 0 Å². The molecule has 2 N–H and O–H groups in total. The average Bonchev–Trinajstić information content (AvgIpc) is 2.94. The van der Waals surface area contributed by atoms with Crippen LogP contribution in [0.25, 0.3) is 0 Å². The topological polar surface area (TPSA) is 94.5 Å². The van der Waals surface area contributed by atoms with Crippen LogP contribution < -0.4 is 0 Å². The Hall–Kier alpha value is -2.49. The van der Waals surface area contributed by atoms with Crippen LogP contribution in [0, 0.1) is 5.92 Å². The van der Waals surface area contributed by atoms with Crippen LogP contribution in [0.2, 0.25) is 0 Å². The molecule has 1 aliphatic carbocycles. The van der Waals surface area contributed by atoms with Gasteiger partial charge in [0.15, 0.2) is 6.10 Å². The molecule has 0 spiro atoms. The lowest BCUT2D eigenvalue weighted by Crippen LogP contribution is -2.65. The molecular weight excluding hydrogens is 517 g/mol. The van der Waals surface area contributed by atoms with Gasteiger partial charge in [0.05, 0.1) is 31.8 Å². The third-order valence-electron chi connectivity index (χ3n) is 6.48. The molecule has 0 aromatic heterocycles. The second-order valence-corrected chi connectivity index (χ2v) is 10.8. The van der Waals surface area contributed by atoms with E-state index in [0.717, 1.165) is 6.92 Å². The Bertz CT molecular complexity index is 1140. The van der Waals surface area contributed by atoms with Crippen molar-refractivity contribution in [1.29, 1.82) is 0 Å². The molecule has 0 bridgehead atoms. The smallest absolute Gasteiger partial charge is 0.390 e. The Morgan fingerprint density at radius 2 is 1.16 bits per heavy atom. The second-order valence-electron chi connectivity index (χ2n) is 9.20. The minimum Gasteiger partial charge on any atom is -0.390 e. The summed E-state index contributed by atoms with van der Waals surface area (Å²) >= 11 is 0. The van der Waals surface area contributed by atoms with Crippen LogP contribution in [0.5, 0.6) is 0 Å². The summed E-state index contributed by atoms with van der Waals surface area (Å²) in [6.45, 7) is 0.459. The summed E-state index contributed by atoms with van der Waals surface area (Å²) in [7, 11) is -4.66. The highest BCUT2D eigenvalue weighted by Crippen LogP contribution is 2.56. The molecule has 1 aliphatic rings. The fourth-order valence-electron chi connectivity index (χ4n) is 4.15. The van der Waals surface area contributed by atoms with Crippen molar-refractivity contribution in [1.82, 2.24) is 0 Å². The van der Waals surface area contributed by atoms with Gasteiger partial charge < -0.3 is 14.9 Å². The van der Waals surface area contributed by atoms with Crippen molar-refractivity contribution in [3.8, 4) is 0 Å². The zero-order chi connectivity index (χ0) is 27.2. The molecule has 1 saturated carbocycles. The van der Waals surface area contributed by atoms with Gasteiger partial charge in [-0.15, -0.1) is 0 Å². The van der Waals surface area contributed by atoms with Crippen LogP contribution in [0.1, 0.15) is 23.6 Å². The zero-order valence-corrected chi connectivity index (χ0v) is 21.7. The van der Waals surface area contributed by atoms with E-state index in [9.17, 15) is 14.8 Å². The first-order valence-electron chi connectivity index (χ1n) is 12.2. The van der Waals surface area contributed by atoms with Gasteiger partial charge in [-0.1, -0.05) is 97.9 Å². The summed E-state index contributed by atoms with van der Waals surface area (Å²) in [6, 6.07) is 26.1. The molecule has 5 atom stereocenters. The van der Waals surface area contributed by atoms with Gasteiger partial charge in [0, 0.05) is 0 Å². The summed E-state index contributed by atoms with van der Waals surface area (Å²) in [5.74, 6) is -5.47. The number of halogens is 2. The van der Waals surface area contributed by atoms with Gasteiger partial charge >= 0.3 is 7.82 Å². The summed E-state index contributed by atoms with van der Waals surface area (Å²) < 4.78 is 67.3. The second kappa shape index (κ2) is 12.6. The van der Waals surface area contributed by atoms with Crippen molar-refractivity contribution in [2.45, 2.75) is 57.1 Å². The third kappa shape index (κ3) is 6.93. The van der Waals surface area contributed by atoms with E-state index in [-0.39, 0.29) is 19.8 Å². The van der Waals surface area contributed by atoms with E-state index in [4.69, 9.17) is 18.3 Å². The molecule has 7 nitrogen and oxygen atoms in total. The molecule has 0 radical (unpaired) electrons. The summed E-state index contributed by atoms with van der Waals surface area (Å²) in [4.78, 5) is 0. The number of alkyl halides is 2. The number of aliphatic hydroxyl groups excluding tert-OH is 2. The quantitative estimate of drug-likeness (QED) is 0.306. The largest absolute Gasteiger partial charge is 0.476 e. The fraction of sp³-hybridized carbons (Fsp3) is 0.357. The van der Waals surface area contributed by atoms with E-state index in [1.807, 2.05) is 0 Å². The van der Waals surface area contributed by atoms with Crippen molar-refractivity contribution in [3.05, 3.63) is 108 Å². The summed E-state index contributed by atoms with van der Waals surface area (Å²) in [5.41, 5.74) is 1.89. The molecule has 0 aliphatic heterocycles. The molecule has 1 fully saturated rings. The minimum atomic E-state index is -4.66. The van der Waals surface area contributed by atoms with Crippen molar-refractivity contribution in [2.24, 2.45) is 5.92 Å². The number of ether oxygens (including phenoxy) is 1. The number of phosphoric acid groups is 1. The number of hydrogen-bond acceptors (Lipinski definition) is 7. The molecule has 0 amide bonds. The van der Waals surface area contributed by atoms with Crippen LogP contribution >= 0.6 is 7.82 Å². The van der Waals surface area contributed by atoms with Crippen molar-refractivity contribution in [3.63, 3.8) is 0 Å². The SMILES string of the molecule is C[C@@H]1[C@@H](O)[C@@H](O)[C@@H](OCc2ccccc2)[C@@H](OP(=O)(OCc2ccccc2)OCc2ccccc2)C1(F)F. The van der Waals surface area contributed by atoms with Crippen LogP contribution in [0.4, 0.5) is 8.78 Å². The lowest BCUT2D eigenvalue weighted by molar-refractivity contribution is -0.272. The lowest BCUT2D eigenvalue weighted by Gasteiger charge is -2.46. The lowest BCUT2D eigenvalue weighted by atomic mass is 9.78. The van der Waals surface area contributed by atoms with Crippen molar-refractivity contribution < 1.29 is 41.9 Å². The van der Waals surface area contributed by atoms with E-state index in [0.29, 0.717) is 16.7 Å². The monoisotopic (exact) mass is 548 g/mol. The predicted molar refractivity (Wildman–Crippen MR) is 136 cm³/mol. The van der Waals surface area contributed by atoms with Crippen LogP contribution in [-0.4, -0.2) is 40.6 Å². The average molecular weight is 549 g/mol. The third-order valence-corrected chi connectivity index (χ3v) is 7.85. The van der Waals surface area contributed by atoms with E-state index >= 15 is 8.78 Å². The molecule has 38 heavy (non-hydrogen) atoms. The Balaban J connectivity index is 1.60. The van der Waals surface area contributed by atoms with Gasteiger partial charge in [0.1, 0.15) is 12.2 Å². The van der Waals surface area contributed by atoms with E-state index < -0.39 is 44.1 Å². The molecule has 3 aromatic rings. The van der Waals surface area contributed by atoms with E-state index in [1.165, 1.54) is 0 Å². The first-order valence-corrected chi connectivity index (χ1v) is 13.7. The van der Waals surface area contributed by atoms with Crippen molar-refractivity contribution >= 4 is 7.82 Å². The van der Waals surface area contributed by atoms with Gasteiger partial charge in [0.2, 0.25) is 0 Å². The Kier molecular flexibility index (Phi) is 9.44. The molecule has 204 valence electrons. The highest BCUT2D eigenvalue weighted by molar-refractivity contribution is 7.48. The molecule has 0 saturated heterocycles. The standard InChI is InChI=1S/C28H31F2O7P/c1-20-24(31)25(32)26(34-17-21-11-5-2-6-12-21)27(28(20,29)30)37-38(33,35-18-22-13-7-3-8-14-22)36-19-23-15-9-4-10-16-23/h2-16,20,24-27,31-32H,17-19H2,1H3/t20-,24-,25-,26-,27-/m1/s1. The zero-order valence-electron chi connectivity index (χ0n) is 20.8. The molecular formula is C28H31F2O7P. The summed E-state index contributed by atoms with van der Waals surface area (Å²) in [6.07, 6.45) is -7.52. The van der Waals surface area contributed by atoms with E-state index in [1.54, 1.807) is 91.0 Å². The molecule has 10 heteroatoms. The maximum Gasteiger partial charge on any atom is 0.476 e. The number of hydrogen-bond donors (Lipinski definition) is 2. The minimum absolute atomic E-state index is 0.153. The molecule has 4 rings (SSSR count). The highest BCUT2D eigenvalue weighted by atomic mass is 31.2. The van der Waals surface area contributed by atoms with Crippen molar-refractivity contribution in [2.75, 3.05) is 0 Å². The van der Waals surface area contributed by atoms with Gasteiger partial charge in [0.25, 0.3) is 5.92 Å². The maximum absolute atomic E-state index is 15.6. The number of phosphoric ester groups is 1. The highest BCUT2D eigenvalue weighted by Gasteiger charge is 2.62. The number of rotatable bonds is 11. The first-order chi connectivity index (χ1) is 18.2. The molecule has 0 unspecified atom stereocenters. The normalized spacial score (nSPS) is 25.2. The summed E-state index contributed by atoms with van der Waals surface area (Å²) in [5, 5.41) is 21.1. The van der Waals surface area contributed by atoms with Gasteiger partial charge in [-0.3, -0.25) is 13.6 Å². The van der Waals surface area contributed by atoms with Gasteiger partial charge in [-0.05, 0) is 16.7 Å². The predicted octanol–water partition coefficient (Wildman–Crippen LogP) is 5.51. The molecule has 0 heterocycles. The Morgan fingerprint density at radius 1 is 0.737 bits per heavy atom. The maximum atomic E-state index is 15.6. The van der Waals surface area contributed by atoms with E-state index in [2.05, 4.69) is 0 Å². The molecule has 3 aromatic carbocycles. The number of benzene rings is 3. The first kappa shape index (κ1) is 28.5. The van der Waals surface area contributed by atoms with Crippen LogP contribution in [0.15, 0.2) is 91.0 Å². The fourth-order valence-corrected chi connectivity index (χ4v) is 5.50.